The van der Waals surface area contributed by atoms with E-state index in [1.807, 2.05) is 49.9 Å². The van der Waals surface area contributed by atoms with Crippen molar-refractivity contribution < 1.29 is 18.6 Å². The minimum atomic E-state index is -0.190. The lowest BCUT2D eigenvalue weighted by Crippen LogP contribution is -2.58. The maximum Gasteiger partial charge on any atom is 0.389 e. The molecule has 2 unspecified atom stereocenters. The number of aryl methyl sites for hydroxylation is 1. The number of quaternary nitrogens is 1. The summed E-state index contributed by atoms with van der Waals surface area (Å²) in [6.07, 6.45) is 3.85. The molecule has 0 saturated carbocycles. The van der Waals surface area contributed by atoms with E-state index in [1.165, 1.54) is 0 Å². The maximum absolute atomic E-state index is 12.9. The Morgan fingerprint density at radius 3 is 2.77 bits per heavy atom. The summed E-state index contributed by atoms with van der Waals surface area (Å²) in [5.74, 6) is 0.564. The molecule has 3 atom stereocenters. The van der Waals surface area contributed by atoms with E-state index in [0.29, 0.717) is 12.3 Å². The molecule has 1 aromatic rings. The molecule has 1 saturated heterocycles. The molecular formula is C16H23BrN2O2S+2. The highest BCUT2D eigenvalue weighted by Crippen LogP contribution is 2.33. The van der Waals surface area contributed by atoms with Gasteiger partial charge in [0.1, 0.15) is 13.1 Å². The first-order valence-electron chi connectivity index (χ1n) is 7.59. The van der Waals surface area contributed by atoms with Crippen molar-refractivity contribution in [2.75, 3.05) is 12.3 Å². The second-order valence-electron chi connectivity index (χ2n) is 6.04. The van der Waals surface area contributed by atoms with Crippen molar-refractivity contribution in [1.82, 2.24) is 0 Å². The Balaban J connectivity index is 2.08. The Bertz CT molecular complexity index is 581. The molecule has 0 spiro atoms. The van der Waals surface area contributed by atoms with Gasteiger partial charge in [0.25, 0.3) is 0 Å². The van der Waals surface area contributed by atoms with Crippen LogP contribution in [0.3, 0.4) is 0 Å². The summed E-state index contributed by atoms with van der Waals surface area (Å²) in [4.78, 5) is 24.8. The highest BCUT2D eigenvalue weighted by atomic mass is 79.9. The third-order valence-corrected chi connectivity index (χ3v) is 6.52. The van der Waals surface area contributed by atoms with Crippen molar-refractivity contribution in [2.45, 2.75) is 37.8 Å². The molecular weight excluding hydrogens is 364 g/mol. The van der Waals surface area contributed by atoms with Crippen LogP contribution in [0.5, 0.6) is 0 Å². The molecule has 22 heavy (non-hydrogen) atoms. The Hall–Kier alpha value is -0.720. The molecule has 0 radical (unpaired) electrons. The van der Waals surface area contributed by atoms with Crippen LogP contribution in [-0.4, -0.2) is 33.5 Å². The summed E-state index contributed by atoms with van der Waals surface area (Å²) in [5, 5.41) is 1.12. The zero-order valence-corrected chi connectivity index (χ0v) is 15.7. The van der Waals surface area contributed by atoms with Crippen LogP contribution >= 0.6 is 27.7 Å². The lowest BCUT2D eigenvalue weighted by molar-refractivity contribution is -0.779. The predicted octanol–water partition coefficient (Wildman–Crippen LogP) is 3.28. The monoisotopic (exact) mass is 386 g/mol. The van der Waals surface area contributed by atoms with Crippen LogP contribution in [0.4, 0.5) is 4.79 Å². The molecule has 6 heteroatoms. The van der Waals surface area contributed by atoms with E-state index in [9.17, 15) is 9.59 Å². The van der Waals surface area contributed by atoms with Gasteiger partial charge >= 0.3 is 10.7 Å². The lowest BCUT2D eigenvalue weighted by atomic mass is 10.1. The van der Waals surface area contributed by atoms with Crippen molar-refractivity contribution in [3.05, 3.63) is 24.4 Å². The topological polar surface area (TPSA) is 38.0 Å². The number of carbonyl (C=O) groups excluding carboxylic acids is 2. The number of amides is 2. The zero-order valence-electron chi connectivity index (χ0n) is 13.3. The molecule has 1 aromatic heterocycles. The Morgan fingerprint density at radius 1 is 1.50 bits per heavy atom. The van der Waals surface area contributed by atoms with Crippen molar-refractivity contribution in [3.63, 3.8) is 0 Å². The second-order valence-corrected chi connectivity index (χ2v) is 7.76. The second kappa shape index (κ2) is 7.23. The molecule has 0 N–H and O–H groups in total. The Labute approximate surface area is 144 Å². The minimum Gasteiger partial charge on any atom is -0.230 e. The van der Waals surface area contributed by atoms with Crippen molar-refractivity contribution in [3.8, 4) is 0 Å². The number of hydrogen-bond donors (Lipinski definition) is 0. The number of likely N-dealkylation sites (tertiary alicyclic amines) is 1. The number of imide groups is 1. The fourth-order valence-corrected chi connectivity index (χ4v) is 4.79. The quantitative estimate of drug-likeness (QED) is 0.262. The fraction of sp³-hybridized carbons (Fsp3) is 0.562. The third-order valence-electron chi connectivity index (χ3n) is 4.50. The van der Waals surface area contributed by atoms with E-state index in [0.717, 1.165) is 17.9 Å². The molecule has 2 amide bonds. The van der Waals surface area contributed by atoms with Gasteiger partial charge in [0.15, 0.2) is 6.20 Å². The average molecular weight is 387 g/mol. The maximum atomic E-state index is 12.9. The first-order valence-corrected chi connectivity index (χ1v) is 9.37. The molecule has 0 bridgehead atoms. The molecule has 4 nitrogen and oxygen atoms in total. The number of thioether (sulfide) groups is 1. The molecule has 1 aliphatic rings. The van der Waals surface area contributed by atoms with Crippen molar-refractivity contribution in [1.29, 1.82) is 0 Å². The summed E-state index contributed by atoms with van der Waals surface area (Å²) < 4.78 is 2.00. The smallest absolute Gasteiger partial charge is 0.230 e. The van der Waals surface area contributed by atoms with Gasteiger partial charge < -0.3 is 0 Å². The van der Waals surface area contributed by atoms with Crippen LogP contribution in [0.15, 0.2) is 29.4 Å². The first kappa shape index (κ1) is 17.6. The largest absolute Gasteiger partial charge is 0.389 e. The van der Waals surface area contributed by atoms with Crippen molar-refractivity contribution in [2.24, 2.45) is 13.0 Å². The summed E-state index contributed by atoms with van der Waals surface area (Å²) in [5.41, 5.74) is 0. The number of nitrogens with zero attached hydrogens (tertiary/aromatic N) is 2. The Kier molecular flexibility index (Phi) is 5.80. The normalized spacial score (nSPS) is 25.9. The SMILES string of the molecule is CC(CSc1cccc[n+]1C)C(=O)[N+]1(C(=O)Br)CCC[C@H]1C. The van der Waals surface area contributed by atoms with Crippen LogP contribution in [0.1, 0.15) is 26.7 Å². The van der Waals surface area contributed by atoms with Gasteiger partial charge in [0.2, 0.25) is 5.03 Å². The number of hydrogen-bond acceptors (Lipinski definition) is 3. The minimum absolute atomic E-state index is 0.0390. The van der Waals surface area contributed by atoms with Crippen LogP contribution in [0, 0.1) is 5.92 Å². The van der Waals surface area contributed by atoms with Gasteiger partial charge in [0, 0.05) is 30.7 Å². The highest BCUT2D eigenvalue weighted by molar-refractivity contribution is 9.18. The van der Waals surface area contributed by atoms with Crippen LogP contribution in [0.2, 0.25) is 0 Å². The summed E-state index contributed by atoms with van der Waals surface area (Å²) in [6, 6.07) is 6.08. The van der Waals surface area contributed by atoms with Crippen LogP contribution < -0.4 is 4.57 Å². The first-order chi connectivity index (χ1) is 10.4. The number of aromatic nitrogens is 1. The van der Waals surface area contributed by atoms with Gasteiger partial charge in [-0.3, -0.25) is 0 Å². The molecule has 0 aromatic carbocycles. The predicted molar refractivity (Wildman–Crippen MR) is 90.7 cm³/mol. The van der Waals surface area contributed by atoms with E-state index in [2.05, 4.69) is 15.9 Å². The lowest BCUT2D eigenvalue weighted by Gasteiger charge is -2.32. The van der Waals surface area contributed by atoms with Gasteiger partial charge in [-0.1, -0.05) is 11.8 Å². The average Bonchev–Trinajstić information content (AvgIpc) is 2.88. The highest BCUT2D eigenvalue weighted by Gasteiger charge is 2.52. The summed E-state index contributed by atoms with van der Waals surface area (Å²) in [6.45, 7) is 4.55. The Morgan fingerprint density at radius 2 is 2.23 bits per heavy atom. The molecule has 0 aliphatic carbocycles. The zero-order chi connectivity index (χ0) is 16.3. The van der Waals surface area contributed by atoms with Crippen LogP contribution in [0.25, 0.3) is 0 Å². The molecule has 2 heterocycles. The number of carbonyl (C=O) groups is 2. The molecule has 2 rings (SSSR count). The fourth-order valence-electron chi connectivity index (χ4n) is 3.08. The van der Waals surface area contributed by atoms with Gasteiger partial charge in [-0.15, -0.1) is 0 Å². The van der Waals surface area contributed by atoms with Gasteiger partial charge in [-0.25, -0.2) is 9.59 Å². The standard InChI is InChI=1S/C16H23BrN2O2S/c1-12(11-22-14-8-4-5-9-18(14)3)15(20)19(16(17)21)10-6-7-13(19)2/h4-5,8-9,12-13H,6-7,10-11H2,1-3H3/q+2/t12?,13-,19?/m1/s1. The molecule has 120 valence electrons. The van der Waals surface area contributed by atoms with E-state index in [-0.39, 0.29) is 27.2 Å². The summed E-state index contributed by atoms with van der Waals surface area (Å²) in [7, 11) is 1.99. The van der Waals surface area contributed by atoms with E-state index < -0.39 is 0 Å². The molecule has 1 fully saturated rings. The third kappa shape index (κ3) is 3.29. The number of halogens is 1. The van der Waals surface area contributed by atoms with Gasteiger partial charge in [-0.05, 0) is 19.9 Å². The van der Waals surface area contributed by atoms with Gasteiger partial charge in [0.05, 0.1) is 28.4 Å². The van der Waals surface area contributed by atoms with E-state index in [4.69, 9.17) is 0 Å². The van der Waals surface area contributed by atoms with Crippen molar-refractivity contribution >= 4 is 38.4 Å². The summed E-state index contributed by atoms with van der Waals surface area (Å²) >= 11 is 4.74. The number of pyridine rings is 1. The number of rotatable bonds is 4. The van der Waals surface area contributed by atoms with Crippen LogP contribution in [-0.2, 0) is 11.8 Å². The molecule has 1 aliphatic heterocycles. The van der Waals surface area contributed by atoms with E-state index in [1.54, 1.807) is 11.8 Å². The van der Waals surface area contributed by atoms with E-state index >= 15 is 0 Å². The van der Waals surface area contributed by atoms with Gasteiger partial charge in [-0.2, -0.15) is 9.05 Å².